The zero-order valence-electron chi connectivity index (χ0n) is 34.8. The highest BCUT2D eigenvalue weighted by molar-refractivity contribution is 5.95. The Kier molecular flexibility index (Phi) is 15.1. The molecule has 9 N–H and O–H groups in total. The van der Waals surface area contributed by atoms with Crippen LogP contribution >= 0.6 is 0 Å². The van der Waals surface area contributed by atoms with E-state index in [0.717, 1.165) is 24.5 Å². The summed E-state index contributed by atoms with van der Waals surface area (Å²) in [5, 5.41) is 20.7. The van der Waals surface area contributed by atoms with Gasteiger partial charge in [-0.05, 0) is 73.9 Å². The molecule has 1 saturated carbocycles. The number of carbonyl (C=O) groups is 5. The lowest BCUT2D eigenvalue weighted by molar-refractivity contribution is -0.118. The number of benzene rings is 3. The number of aryl methyl sites for hydroxylation is 1. The number of nitrogens with two attached hydrogens (primary N) is 2. The van der Waals surface area contributed by atoms with Crippen molar-refractivity contribution in [1.82, 2.24) is 25.4 Å². The molecule has 6 rings (SSSR count). The van der Waals surface area contributed by atoms with Crippen molar-refractivity contribution < 1.29 is 42.9 Å². The Balaban J connectivity index is 1.00. The largest absolute Gasteiger partial charge is 0.477 e. The molecule has 18 nitrogen and oxygen atoms in total. The van der Waals surface area contributed by atoms with Gasteiger partial charge in [0.05, 0.1) is 17.2 Å². The van der Waals surface area contributed by atoms with Crippen molar-refractivity contribution in [3.63, 3.8) is 0 Å². The van der Waals surface area contributed by atoms with Gasteiger partial charge in [-0.15, -0.1) is 0 Å². The number of urea groups is 1. The standard InChI is InChI=1S/C44H52FN9O9/c1-2-52-24-32(41(57)58)39(55)31-21-33(45)37(22-36(31)52)53-17-19-54(20-18-53)44(61)63-26-28-10-14-30(15-11-28)50-40(56)35(9-6-16-48-42(47)59)49-23-34(46)38(29-12-13-29)51-43(60)62-25-27-7-4-3-5-8-27/h3-5,7-8,10-11,14-15,21-24,29,35,38,49H,2,6,9,12-13,16-20,25-26,46H2,1H3,(H,50,56)(H,51,60)(H,57,58)(H3,47,48,59)/b34-23-/t35-,38-/m0/s1. The highest BCUT2D eigenvalue weighted by Gasteiger charge is 2.35. The van der Waals surface area contributed by atoms with Crippen LogP contribution in [0.3, 0.4) is 0 Å². The normalized spacial score (nSPS) is 14.9. The van der Waals surface area contributed by atoms with Gasteiger partial charge in [0, 0.05) is 68.4 Å². The van der Waals surface area contributed by atoms with Gasteiger partial charge in [-0.3, -0.25) is 9.59 Å². The summed E-state index contributed by atoms with van der Waals surface area (Å²) in [5.74, 6) is -2.31. The second kappa shape index (κ2) is 21.0. The van der Waals surface area contributed by atoms with E-state index in [9.17, 15) is 33.9 Å². The van der Waals surface area contributed by atoms with Crippen LogP contribution in [0.1, 0.15) is 54.1 Å². The van der Waals surface area contributed by atoms with Crippen LogP contribution in [0.5, 0.6) is 0 Å². The number of piperazine rings is 1. The summed E-state index contributed by atoms with van der Waals surface area (Å²) in [5.41, 5.74) is 13.4. The lowest BCUT2D eigenvalue weighted by atomic mass is 10.1. The zero-order chi connectivity index (χ0) is 45.0. The Morgan fingerprint density at radius 3 is 2.27 bits per heavy atom. The van der Waals surface area contributed by atoms with Crippen LogP contribution in [0.15, 0.2) is 89.6 Å². The molecule has 0 unspecified atom stereocenters. The van der Waals surface area contributed by atoms with Crippen LogP contribution in [0.25, 0.3) is 10.9 Å². The number of carbonyl (C=O) groups excluding carboxylic acids is 4. The summed E-state index contributed by atoms with van der Waals surface area (Å²) < 4.78 is 27.9. The minimum Gasteiger partial charge on any atom is -0.477 e. The number of carboxylic acids is 1. The number of carboxylic acid groups (broad SMARTS) is 1. The maximum atomic E-state index is 15.3. The molecule has 1 aliphatic carbocycles. The van der Waals surface area contributed by atoms with Crippen LogP contribution in [-0.2, 0) is 34.0 Å². The number of aromatic carboxylic acids is 1. The molecular weight excluding hydrogens is 818 g/mol. The molecule has 1 aliphatic heterocycles. The van der Waals surface area contributed by atoms with Gasteiger partial charge in [0.2, 0.25) is 11.3 Å². The number of primary amides is 1. The number of hydrogen-bond acceptors (Lipinski definition) is 11. The van der Waals surface area contributed by atoms with Gasteiger partial charge in [-0.25, -0.2) is 23.6 Å². The van der Waals surface area contributed by atoms with E-state index in [-0.39, 0.29) is 68.8 Å². The number of halogens is 1. The minimum absolute atomic E-state index is 0.0230. The van der Waals surface area contributed by atoms with Crippen molar-refractivity contribution in [2.75, 3.05) is 42.9 Å². The third kappa shape index (κ3) is 12.2. The van der Waals surface area contributed by atoms with E-state index in [2.05, 4.69) is 21.3 Å². The predicted molar refractivity (Wildman–Crippen MR) is 232 cm³/mol. The van der Waals surface area contributed by atoms with Crippen LogP contribution in [0, 0.1) is 11.7 Å². The lowest BCUT2D eigenvalue weighted by Gasteiger charge is -2.35. The Bertz CT molecular complexity index is 2380. The second-order valence-corrected chi connectivity index (χ2v) is 15.3. The molecule has 0 radical (unpaired) electrons. The Morgan fingerprint density at radius 2 is 1.62 bits per heavy atom. The van der Waals surface area contributed by atoms with Gasteiger partial charge < -0.3 is 61.7 Å². The molecular formula is C44H52FN9O9. The van der Waals surface area contributed by atoms with Gasteiger partial charge in [0.1, 0.15) is 30.6 Å². The first kappa shape index (κ1) is 45.2. The first-order chi connectivity index (χ1) is 30.3. The summed E-state index contributed by atoms with van der Waals surface area (Å²) in [6.45, 7) is 3.52. The molecule has 1 saturated heterocycles. The Morgan fingerprint density at radius 1 is 0.937 bits per heavy atom. The number of hydrogen-bond donors (Lipinski definition) is 7. The SMILES string of the molecule is CCn1cc(C(=O)O)c(=O)c2cc(F)c(N3CCN(C(=O)OCc4ccc(NC(=O)[C@H](CCCNC(N)=O)N/C=C(\N)[C@@H](NC(=O)OCc5ccccc5)C5CC5)cc4)CC3)cc21. The molecule has 63 heavy (non-hydrogen) atoms. The van der Waals surface area contributed by atoms with Crippen LogP contribution in [-0.4, -0.2) is 89.5 Å². The summed E-state index contributed by atoms with van der Waals surface area (Å²) in [6.07, 6.45) is 4.06. The number of rotatable bonds is 18. The number of ether oxygens (including phenoxy) is 2. The number of anilines is 2. The van der Waals surface area contributed by atoms with E-state index in [1.165, 1.54) is 23.4 Å². The molecule has 19 heteroatoms. The lowest BCUT2D eigenvalue weighted by Crippen LogP contribution is -2.49. The second-order valence-electron chi connectivity index (χ2n) is 15.3. The third-order valence-electron chi connectivity index (χ3n) is 10.9. The average Bonchev–Trinajstić information content (AvgIpc) is 4.13. The third-order valence-corrected chi connectivity index (χ3v) is 10.9. The van der Waals surface area contributed by atoms with E-state index >= 15 is 4.39 Å². The van der Waals surface area contributed by atoms with E-state index in [4.69, 9.17) is 20.9 Å². The average molecular weight is 870 g/mol. The number of alkyl carbamates (subject to hydrolysis) is 1. The molecule has 2 heterocycles. The summed E-state index contributed by atoms with van der Waals surface area (Å²) >= 11 is 0. The molecule has 2 aliphatic rings. The first-order valence-electron chi connectivity index (χ1n) is 20.7. The number of fused-ring (bicyclic) bond motifs is 1. The van der Waals surface area contributed by atoms with Crippen molar-refractivity contribution in [2.45, 2.75) is 64.4 Å². The molecule has 1 aromatic heterocycles. The molecule has 0 spiro atoms. The predicted octanol–water partition coefficient (Wildman–Crippen LogP) is 4.17. The summed E-state index contributed by atoms with van der Waals surface area (Å²) in [6, 6.07) is 16.7. The number of amides is 5. The van der Waals surface area contributed by atoms with E-state index in [0.29, 0.717) is 41.9 Å². The van der Waals surface area contributed by atoms with Crippen molar-refractivity contribution in [1.29, 1.82) is 0 Å². The number of pyridine rings is 1. The van der Waals surface area contributed by atoms with Crippen molar-refractivity contribution in [3.8, 4) is 0 Å². The van der Waals surface area contributed by atoms with Crippen molar-refractivity contribution in [2.24, 2.45) is 17.4 Å². The first-order valence-corrected chi connectivity index (χ1v) is 20.7. The number of nitrogens with zero attached hydrogens (tertiary/aromatic N) is 3. The maximum Gasteiger partial charge on any atom is 0.410 e. The smallest absolute Gasteiger partial charge is 0.410 e. The van der Waals surface area contributed by atoms with E-state index in [1.54, 1.807) is 40.7 Å². The fraction of sp³-hybridized carbons (Fsp3) is 0.364. The molecule has 2 fully saturated rings. The molecule has 334 valence electrons. The quantitative estimate of drug-likeness (QED) is 0.0697. The van der Waals surface area contributed by atoms with Gasteiger partial charge >= 0.3 is 24.2 Å². The fourth-order valence-electron chi connectivity index (χ4n) is 7.22. The maximum absolute atomic E-state index is 15.3. The fourth-order valence-corrected chi connectivity index (χ4v) is 7.22. The summed E-state index contributed by atoms with van der Waals surface area (Å²) in [7, 11) is 0. The van der Waals surface area contributed by atoms with Crippen LogP contribution in [0.4, 0.5) is 30.1 Å². The minimum atomic E-state index is -1.38. The Labute approximate surface area is 362 Å². The van der Waals surface area contributed by atoms with Gasteiger partial charge in [0.25, 0.3) is 0 Å². The van der Waals surface area contributed by atoms with Gasteiger partial charge in [-0.1, -0.05) is 42.5 Å². The zero-order valence-corrected chi connectivity index (χ0v) is 34.8. The topological polar surface area (TPSA) is 253 Å². The highest BCUT2D eigenvalue weighted by atomic mass is 19.1. The molecule has 0 bridgehead atoms. The molecule has 3 aromatic carbocycles. The van der Waals surface area contributed by atoms with Crippen LogP contribution in [0.2, 0.25) is 0 Å². The van der Waals surface area contributed by atoms with Gasteiger partial charge in [0.15, 0.2) is 0 Å². The number of nitrogens with one attached hydrogen (secondary N) is 4. The van der Waals surface area contributed by atoms with Crippen molar-refractivity contribution in [3.05, 3.63) is 118 Å². The molecule has 4 aromatic rings. The number of aromatic nitrogens is 1. The van der Waals surface area contributed by atoms with Crippen molar-refractivity contribution >= 4 is 52.4 Å². The van der Waals surface area contributed by atoms with E-state index in [1.807, 2.05) is 30.3 Å². The summed E-state index contributed by atoms with van der Waals surface area (Å²) in [4.78, 5) is 78.0. The Hall–Kier alpha value is -7.31. The van der Waals surface area contributed by atoms with E-state index < -0.39 is 53.1 Å². The molecule has 5 amide bonds. The van der Waals surface area contributed by atoms with Crippen LogP contribution < -0.4 is 43.1 Å². The molecule has 2 atom stereocenters. The monoisotopic (exact) mass is 869 g/mol. The van der Waals surface area contributed by atoms with Gasteiger partial charge in [-0.2, -0.15) is 0 Å². The highest BCUT2D eigenvalue weighted by Crippen LogP contribution is 2.34.